The van der Waals surface area contributed by atoms with Gasteiger partial charge in [-0.05, 0) is 25.2 Å². The van der Waals surface area contributed by atoms with Gasteiger partial charge in [0.25, 0.3) is 0 Å². The van der Waals surface area contributed by atoms with Gasteiger partial charge in [0.1, 0.15) is 0 Å². The molecule has 0 aliphatic heterocycles. The van der Waals surface area contributed by atoms with Gasteiger partial charge in [0.05, 0.1) is 5.60 Å². The molecule has 0 bridgehead atoms. The van der Waals surface area contributed by atoms with Crippen LogP contribution in [0.3, 0.4) is 0 Å². The van der Waals surface area contributed by atoms with Crippen LogP contribution in [0.15, 0.2) is 0 Å². The second kappa shape index (κ2) is 4.97. The third kappa shape index (κ3) is 2.68. The summed E-state index contributed by atoms with van der Waals surface area (Å²) in [6, 6.07) is 0. The molecule has 3 N–H and O–H groups in total. The predicted octanol–water partition coefficient (Wildman–Crippen LogP) is 2.06. The summed E-state index contributed by atoms with van der Waals surface area (Å²) in [7, 11) is 0. The molecule has 1 saturated carbocycles. The second-order valence-electron chi connectivity index (χ2n) is 4.35. The van der Waals surface area contributed by atoms with Crippen molar-refractivity contribution < 1.29 is 5.11 Å². The fourth-order valence-corrected chi connectivity index (χ4v) is 2.42. The summed E-state index contributed by atoms with van der Waals surface area (Å²) in [6.07, 6.45) is 8.35. The van der Waals surface area contributed by atoms with Gasteiger partial charge < -0.3 is 10.8 Å². The molecule has 1 fully saturated rings. The van der Waals surface area contributed by atoms with Crippen molar-refractivity contribution in [3.63, 3.8) is 0 Å². The van der Waals surface area contributed by atoms with Gasteiger partial charge in [0.15, 0.2) is 0 Å². The Kier molecular flexibility index (Phi) is 4.20. The quantitative estimate of drug-likeness (QED) is 0.661. The van der Waals surface area contributed by atoms with E-state index >= 15 is 0 Å². The molecule has 0 radical (unpaired) electrons. The highest BCUT2D eigenvalue weighted by Crippen LogP contribution is 2.32. The van der Waals surface area contributed by atoms with Crippen molar-refractivity contribution in [2.75, 3.05) is 6.54 Å². The summed E-state index contributed by atoms with van der Waals surface area (Å²) < 4.78 is 0. The molecule has 0 saturated heterocycles. The van der Waals surface area contributed by atoms with Crippen LogP contribution in [-0.2, 0) is 0 Å². The predicted molar refractivity (Wildman–Crippen MR) is 55.5 cm³/mol. The lowest BCUT2D eigenvalue weighted by atomic mass is 9.80. The molecule has 1 aliphatic rings. The first-order chi connectivity index (χ1) is 6.23. The molecule has 13 heavy (non-hydrogen) atoms. The van der Waals surface area contributed by atoms with Gasteiger partial charge in [-0.3, -0.25) is 0 Å². The monoisotopic (exact) mass is 185 g/mol. The largest absolute Gasteiger partial charge is 0.388 e. The number of aliphatic hydroxyl groups is 1. The Bertz CT molecular complexity index is 135. The fourth-order valence-electron chi connectivity index (χ4n) is 2.42. The van der Waals surface area contributed by atoms with Crippen molar-refractivity contribution in [2.24, 2.45) is 11.7 Å². The normalized spacial score (nSPS) is 25.2. The molecular formula is C11H23NO. The van der Waals surface area contributed by atoms with Crippen molar-refractivity contribution in [3.05, 3.63) is 0 Å². The highest BCUT2D eigenvalue weighted by molar-refractivity contribution is 4.87. The summed E-state index contributed by atoms with van der Waals surface area (Å²) in [6.45, 7) is 2.46. The molecule has 1 rings (SSSR count). The van der Waals surface area contributed by atoms with Crippen LogP contribution in [0, 0.1) is 5.92 Å². The minimum Gasteiger partial charge on any atom is -0.388 e. The van der Waals surface area contributed by atoms with Crippen LogP contribution in [0.25, 0.3) is 0 Å². The molecule has 78 valence electrons. The van der Waals surface area contributed by atoms with Crippen LogP contribution in [0.4, 0.5) is 0 Å². The average Bonchev–Trinajstić information content (AvgIpc) is 2.45. The summed E-state index contributed by atoms with van der Waals surface area (Å²) in [5.41, 5.74) is 5.07. The molecule has 2 heteroatoms. The molecule has 2 nitrogen and oxygen atoms in total. The van der Waals surface area contributed by atoms with Gasteiger partial charge in [0.2, 0.25) is 0 Å². The minimum atomic E-state index is -0.579. The topological polar surface area (TPSA) is 46.2 Å². The highest BCUT2D eigenvalue weighted by atomic mass is 16.3. The lowest BCUT2D eigenvalue weighted by Crippen LogP contribution is -2.44. The van der Waals surface area contributed by atoms with E-state index in [2.05, 4.69) is 0 Å². The SMILES string of the molecule is CCC(O)(CN)C1CCCCCC1. The van der Waals surface area contributed by atoms with Crippen LogP contribution < -0.4 is 5.73 Å². The van der Waals surface area contributed by atoms with Gasteiger partial charge >= 0.3 is 0 Å². The molecule has 0 spiro atoms. The Balaban J connectivity index is 2.55. The first-order valence-electron chi connectivity index (χ1n) is 5.65. The molecule has 1 unspecified atom stereocenters. The highest BCUT2D eigenvalue weighted by Gasteiger charge is 2.33. The van der Waals surface area contributed by atoms with Gasteiger partial charge in [0, 0.05) is 6.54 Å². The van der Waals surface area contributed by atoms with E-state index in [0.717, 1.165) is 6.42 Å². The van der Waals surface area contributed by atoms with Gasteiger partial charge in [-0.2, -0.15) is 0 Å². The van der Waals surface area contributed by atoms with Crippen LogP contribution in [-0.4, -0.2) is 17.3 Å². The van der Waals surface area contributed by atoms with Crippen molar-refractivity contribution in [2.45, 2.75) is 57.5 Å². The average molecular weight is 185 g/mol. The molecule has 0 aromatic heterocycles. The first-order valence-corrected chi connectivity index (χ1v) is 5.65. The molecule has 0 amide bonds. The summed E-state index contributed by atoms with van der Waals surface area (Å²) in [5.74, 6) is 0.449. The van der Waals surface area contributed by atoms with E-state index in [0.29, 0.717) is 12.5 Å². The molecule has 1 atom stereocenters. The zero-order valence-corrected chi connectivity index (χ0v) is 8.76. The minimum absolute atomic E-state index is 0.425. The maximum atomic E-state index is 10.3. The number of nitrogens with two attached hydrogens (primary N) is 1. The molecule has 0 aromatic carbocycles. The van der Waals surface area contributed by atoms with Gasteiger partial charge in [-0.15, -0.1) is 0 Å². The Morgan fingerprint density at radius 3 is 2.15 bits per heavy atom. The van der Waals surface area contributed by atoms with Crippen LogP contribution >= 0.6 is 0 Å². The standard InChI is InChI=1S/C11H23NO/c1-2-11(13,9-12)10-7-5-3-4-6-8-10/h10,13H,2-9,12H2,1H3. The van der Waals surface area contributed by atoms with Gasteiger partial charge in [-0.25, -0.2) is 0 Å². The van der Waals surface area contributed by atoms with E-state index in [1.165, 1.54) is 38.5 Å². The van der Waals surface area contributed by atoms with Crippen molar-refractivity contribution in [1.29, 1.82) is 0 Å². The fraction of sp³-hybridized carbons (Fsp3) is 1.00. The van der Waals surface area contributed by atoms with E-state index in [1.807, 2.05) is 6.92 Å². The third-order valence-electron chi connectivity index (χ3n) is 3.58. The molecule has 1 aliphatic carbocycles. The van der Waals surface area contributed by atoms with E-state index in [1.54, 1.807) is 0 Å². The number of hydrogen-bond donors (Lipinski definition) is 2. The Labute approximate surface area is 81.5 Å². The van der Waals surface area contributed by atoms with E-state index in [4.69, 9.17) is 5.73 Å². The zero-order valence-electron chi connectivity index (χ0n) is 8.76. The Hall–Kier alpha value is -0.0800. The summed E-state index contributed by atoms with van der Waals surface area (Å²) in [5, 5.41) is 10.3. The van der Waals surface area contributed by atoms with Crippen LogP contribution in [0.2, 0.25) is 0 Å². The Morgan fingerprint density at radius 1 is 1.23 bits per heavy atom. The molecule has 0 aromatic rings. The van der Waals surface area contributed by atoms with Crippen molar-refractivity contribution in [1.82, 2.24) is 0 Å². The van der Waals surface area contributed by atoms with Gasteiger partial charge in [-0.1, -0.05) is 32.6 Å². The van der Waals surface area contributed by atoms with Crippen LogP contribution in [0.1, 0.15) is 51.9 Å². The van der Waals surface area contributed by atoms with E-state index < -0.39 is 5.60 Å². The number of rotatable bonds is 3. The summed E-state index contributed by atoms with van der Waals surface area (Å²) >= 11 is 0. The second-order valence-corrected chi connectivity index (χ2v) is 4.35. The van der Waals surface area contributed by atoms with E-state index in [9.17, 15) is 5.11 Å². The Morgan fingerprint density at radius 2 is 1.77 bits per heavy atom. The first kappa shape index (κ1) is 11.0. The van der Waals surface area contributed by atoms with Crippen LogP contribution in [0.5, 0.6) is 0 Å². The maximum absolute atomic E-state index is 10.3. The smallest absolute Gasteiger partial charge is 0.0794 e. The van der Waals surface area contributed by atoms with E-state index in [-0.39, 0.29) is 0 Å². The van der Waals surface area contributed by atoms with Crippen molar-refractivity contribution >= 4 is 0 Å². The lowest BCUT2D eigenvalue weighted by Gasteiger charge is -2.34. The lowest BCUT2D eigenvalue weighted by molar-refractivity contribution is -0.0199. The zero-order chi connectivity index (χ0) is 9.73. The maximum Gasteiger partial charge on any atom is 0.0794 e. The molecular weight excluding hydrogens is 162 g/mol. The number of hydrogen-bond acceptors (Lipinski definition) is 2. The molecule has 0 heterocycles. The summed E-state index contributed by atoms with van der Waals surface area (Å²) in [4.78, 5) is 0. The third-order valence-corrected chi connectivity index (χ3v) is 3.58. The van der Waals surface area contributed by atoms with Crippen molar-refractivity contribution in [3.8, 4) is 0 Å².